The molecule has 3 amide bonds. The van der Waals surface area contributed by atoms with E-state index < -0.39 is 5.54 Å². The van der Waals surface area contributed by atoms with Crippen molar-refractivity contribution in [3.63, 3.8) is 0 Å². The molecule has 5 nitrogen and oxygen atoms in total. The predicted molar refractivity (Wildman–Crippen MR) is 68.5 cm³/mol. The first-order valence-corrected chi connectivity index (χ1v) is 6.96. The summed E-state index contributed by atoms with van der Waals surface area (Å²) in [6, 6.07) is 3.75. The number of urea groups is 1. The maximum absolute atomic E-state index is 12.3. The lowest BCUT2D eigenvalue weighted by Crippen LogP contribution is -2.48. The Kier molecular flexibility index (Phi) is 2.83. The fourth-order valence-electron chi connectivity index (χ4n) is 2.54. The molecule has 3 heterocycles. The van der Waals surface area contributed by atoms with Gasteiger partial charge in [-0.25, -0.2) is 4.79 Å². The predicted octanol–water partition coefficient (Wildman–Crippen LogP) is 0.575. The summed E-state index contributed by atoms with van der Waals surface area (Å²) in [7, 11) is 0. The number of nitrogens with zero attached hydrogens (tertiary/aromatic N) is 1. The van der Waals surface area contributed by atoms with Gasteiger partial charge in [0.25, 0.3) is 5.91 Å². The molecule has 1 atom stereocenters. The van der Waals surface area contributed by atoms with Crippen molar-refractivity contribution in [2.75, 3.05) is 19.6 Å². The second-order valence-corrected chi connectivity index (χ2v) is 5.76. The summed E-state index contributed by atoms with van der Waals surface area (Å²) in [4.78, 5) is 26.7. The van der Waals surface area contributed by atoms with E-state index in [9.17, 15) is 9.59 Å². The molecule has 6 heteroatoms. The third-order valence-corrected chi connectivity index (χ3v) is 4.50. The second kappa shape index (κ2) is 4.37. The number of thiophene rings is 1. The summed E-state index contributed by atoms with van der Waals surface area (Å²) in [6.07, 6.45) is 1.42. The highest BCUT2D eigenvalue weighted by molar-refractivity contribution is 7.09. The van der Waals surface area contributed by atoms with E-state index in [4.69, 9.17) is 0 Å². The first-order valence-electron chi connectivity index (χ1n) is 6.08. The van der Waals surface area contributed by atoms with E-state index >= 15 is 0 Å². The Morgan fingerprint density at radius 3 is 3.00 bits per heavy atom. The van der Waals surface area contributed by atoms with E-state index in [0.29, 0.717) is 19.5 Å². The fourth-order valence-corrected chi connectivity index (χ4v) is 3.24. The molecule has 3 rings (SSSR count). The van der Waals surface area contributed by atoms with Gasteiger partial charge in [0.15, 0.2) is 0 Å². The van der Waals surface area contributed by atoms with Gasteiger partial charge in [-0.15, -0.1) is 11.3 Å². The van der Waals surface area contributed by atoms with Crippen molar-refractivity contribution in [2.45, 2.75) is 18.4 Å². The molecule has 1 spiro atoms. The zero-order chi connectivity index (χ0) is 12.6. The van der Waals surface area contributed by atoms with Crippen LogP contribution in [0.4, 0.5) is 4.79 Å². The van der Waals surface area contributed by atoms with Gasteiger partial charge in [0.1, 0.15) is 5.54 Å². The fraction of sp³-hybridized carbons (Fsp3) is 0.500. The number of imide groups is 1. The highest BCUT2D eigenvalue weighted by Gasteiger charge is 2.52. The molecule has 2 aliphatic heterocycles. The average molecular weight is 265 g/mol. The summed E-state index contributed by atoms with van der Waals surface area (Å²) >= 11 is 1.65. The summed E-state index contributed by atoms with van der Waals surface area (Å²) in [5.74, 6) is -0.0749. The number of rotatable bonds is 3. The summed E-state index contributed by atoms with van der Waals surface area (Å²) in [6.45, 7) is 1.80. The third-order valence-electron chi connectivity index (χ3n) is 3.56. The van der Waals surface area contributed by atoms with Crippen LogP contribution >= 0.6 is 11.3 Å². The number of carbonyl (C=O) groups is 2. The number of amides is 3. The Morgan fingerprint density at radius 2 is 2.33 bits per heavy atom. The summed E-state index contributed by atoms with van der Waals surface area (Å²) in [5.41, 5.74) is -0.674. The third kappa shape index (κ3) is 1.81. The van der Waals surface area contributed by atoms with E-state index in [1.54, 1.807) is 11.3 Å². The highest BCUT2D eigenvalue weighted by atomic mass is 32.1. The lowest BCUT2D eigenvalue weighted by Gasteiger charge is -2.19. The van der Waals surface area contributed by atoms with Crippen LogP contribution in [-0.4, -0.2) is 42.0 Å². The lowest BCUT2D eigenvalue weighted by molar-refractivity contribution is -0.130. The van der Waals surface area contributed by atoms with Crippen molar-refractivity contribution in [1.29, 1.82) is 0 Å². The molecule has 0 aromatic carbocycles. The second-order valence-electron chi connectivity index (χ2n) is 4.73. The van der Waals surface area contributed by atoms with Gasteiger partial charge >= 0.3 is 6.03 Å². The number of carbonyl (C=O) groups excluding carboxylic acids is 2. The van der Waals surface area contributed by atoms with Crippen LogP contribution in [0.5, 0.6) is 0 Å². The van der Waals surface area contributed by atoms with E-state index in [1.807, 2.05) is 17.5 Å². The Hall–Kier alpha value is -1.40. The average Bonchev–Trinajstić information content (AvgIpc) is 3.03. The zero-order valence-corrected chi connectivity index (χ0v) is 10.8. The number of hydrogen-bond donors (Lipinski definition) is 2. The highest BCUT2D eigenvalue weighted by Crippen LogP contribution is 2.24. The maximum atomic E-state index is 12.3. The molecular formula is C12H15N3O2S. The van der Waals surface area contributed by atoms with E-state index in [0.717, 1.165) is 13.0 Å². The van der Waals surface area contributed by atoms with Gasteiger partial charge < -0.3 is 10.6 Å². The standard InChI is InChI=1S/C12H15N3O2S/c16-10-12(4-5-13-8-12)14-11(17)15(10)6-3-9-2-1-7-18-9/h1-2,7,13H,3-6,8H2,(H,14,17). The van der Waals surface area contributed by atoms with E-state index in [1.165, 1.54) is 9.78 Å². The molecule has 1 aromatic rings. The van der Waals surface area contributed by atoms with Gasteiger partial charge in [-0.2, -0.15) is 0 Å². The molecule has 0 saturated carbocycles. The SMILES string of the molecule is O=C1NC2(CCNC2)C(=O)N1CCc1cccs1. The van der Waals surface area contributed by atoms with Crippen molar-refractivity contribution in [3.8, 4) is 0 Å². The van der Waals surface area contributed by atoms with Crippen molar-refractivity contribution in [1.82, 2.24) is 15.5 Å². The monoisotopic (exact) mass is 265 g/mol. The van der Waals surface area contributed by atoms with Gasteiger partial charge in [-0.1, -0.05) is 6.07 Å². The first kappa shape index (κ1) is 11.7. The zero-order valence-electron chi connectivity index (χ0n) is 9.94. The molecule has 2 N–H and O–H groups in total. The normalized spacial score (nSPS) is 27.2. The van der Waals surface area contributed by atoms with Gasteiger partial charge in [0, 0.05) is 18.0 Å². The number of nitrogens with one attached hydrogen (secondary N) is 2. The number of hydrogen-bond acceptors (Lipinski definition) is 4. The molecule has 2 saturated heterocycles. The Balaban J connectivity index is 1.69. The van der Waals surface area contributed by atoms with Crippen LogP contribution in [-0.2, 0) is 11.2 Å². The smallest absolute Gasteiger partial charge is 0.322 e. The van der Waals surface area contributed by atoms with E-state index in [2.05, 4.69) is 10.6 Å². The van der Waals surface area contributed by atoms with Crippen LogP contribution in [0, 0.1) is 0 Å². The van der Waals surface area contributed by atoms with Gasteiger partial charge in [-0.3, -0.25) is 9.69 Å². The van der Waals surface area contributed by atoms with E-state index in [-0.39, 0.29) is 11.9 Å². The summed E-state index contributed by atoms with van der Waals surface area (Å²) < 4.78 is 0. The van der Waals surface area contributed by atoms with Crippen LogP contribution in [0.2, 0.25) is 0 Å². The van der Waals surface area contributed by atoms with Crippen LogP contribution < -0.4 is 10.6 Å². The molecule has 1 aromatic heterocycles. The van der Waals surface area contributed by atoms with Gasteiger partial charge in [0.05, 0.1) is 0 Å². The Morgan fingerprint density at radius 1 is 1.44 bits per heavy atom. The van der Waals surface area contributed by atoms with Crippen LogP contribution in [0.25, 0.3) is 0 Å². The maximum Gasteiger partial charge on any atom is 0.325 e. The topological polar surface area (TPSA) is 61.4 Å². The molecule has 1 unspecified atom stereocenters. The Labute approximate surface area is 109 Å². The lowest BCUT2D eigenvalue weighted by atomic mass is 9.99. The molecule has 18 heavy (non-hydrogen) atoms. The van der Waals surface area contributed by atoms with Gasteiger partial charge in [0.2, 0.25) is 0 Å². The molecule has 0 bridgehead atoms. The molecular weight excluding hydrogens is 250 g/mol. The molecule has 96 valence electrons. The summed E-state index contributed by atoms with van der Waals surface area (Å²) in [5, 5.41) is 7.98. The van der Waals surface area contributed by atoms with Crippen LogP contribution in [0.15, 0.2) is 17.5 Å². The quantitative estimate of drug-likeness (QED) is 0.786. The minimum atomic E-state index is -0.674. The molecule has 0 aliphatic carbocycles. The van der Waals surface area contributed by atoms with Gasteiger partial charge in [-0.05, 0) is 30.8 Å². The van der Waals surface area contributed by atoms with Crippen molar-refractivity contribution >= 4 is 23.3 Å². The van der Waals surface area contributed by atoms with Crippen molar-refractivity contribution in [2.24, 2.45) is 0 Å². The van der Waals surface area contributed by atoms with Crippen LogP contribution in [0.3, 0.4) is 0 Å². The molecule has 2 aliphatic rings. The first-order chi connectivity index (χ1) is 8.71. The van der Waals surface area contributed by atoms with Crippen molar-refractivity contribution in [3.05, 3.63) is 22.4 Å². The molecule has 0 radical (unpaired) electrons. The largest absolute Gasteiger partial charge is 0.325 e. The minimum Gasteiger partial charge on any atom is -0.322 e. The Bertz CT molecular complexity index is 466. The molecule has 2 fully saturated rings. The van der Waals surface area contributed by atoms with Crippen molar-refractivity contribution < 1.29 is 9.59 Å². The van der Waals surface area contributed by atoms with Crippen LogP contribution in [0.1, 0.15) is 11.3 Å². The minimum absolute atomic E-state index is 0.0749.